The summed E-state index contributed by atoms with van der Waals surface area (Å²) in [5.41, 5.74) is -0.285. The van der Waals surface area contributed by atoms with Crippen molar-refractivity contribution in [2.45, 2.75) is 12.5 Å². The summed E-state index contributed by atoms with van der Waals surface area (Å²) in [6.45, 7) is 2.19. The Balaban J connectivity index is 2.08. The molecule has 3 amide bonds. The molecular weight excluding hydrogens is 260 g/mol. The minimum atomic E-state index is -1.03. The lowest BCUT2D eigenvalue weighted by Crippen LogP contribution is -2.41. The zero-order valence-corrected chi connectivity index (χ0v) is 11.3. The van der Waals surface area contributed by atoms with Gasteiger partial charge in [-0.2, -0.15) is 0 Å². The monoisotopic (exact) mass is 278 g/mol. The normalized spacial score (nSPS) is 22.2. The first-order valence-corrected chi connectivity index (χ1v) is 6.48. The highest BCUT2D eigenvalue weighted by molar-refractivity contribution is 6.07. The van der Waals surface area contributed by atoms with Gasteiger partial charge in [-0.1, -0.05) is 30.3 Å². The third-order valence-corrected chi connectivity index (χ3v) is 3.32. The van der Waals surface area contributed by atoms with Gasteiger partial charge in [-0.05, 0) is 12.5 Å². The summed E-state index contributed by atoms with van der Waals surface area (Å²) in [5.74, 6) is -0.290. The van der Waals surface area contributed by atoms with Gasteiger partial charge in [0, 0.05) is 0 Å². The molecule has 2 N–H and O–H groups in total. The molecule has 1 unspecified atom stereocenters. The van der Waals surface area contributed by atoms with Crippen LogP contribution in [0.3, 0.4) is 0 Å². The van der Waals surface area contributed by atoms with Crippen LogP contribution in [0, 0.1) is 0 Å². The second-order valence-corrected chi connectivity index (χ2v) is 4.71. The van der Waals surface area contributed by atoms with Crippen molar-refractivity contribution in [1.82, 2.24) is 10.2 Å². The number of carbonyl (C=O) groups excluding carboxylic acids is 2. The van der Waals surface area contributed by atoms with Crippen molar-refractivity contribution >= 4 is 11.9 Å². The van der Waals surface area contributed by atoms with Crippen LogP contribution in [-0.2, 0) is 15.1 Å². The fraction of sp³-hybridized carbons (Fsp3) is 0.429. The number of imide groups is 1. The summed E-state index contributed by atoms with van der Waals surface area (Å²) in [7, 11) is 0. The van der Waals surface area contributed by atoms with Crippen LogP contribution in [0.5, 0.6) is 0 Å². The zero-order valence-electron chi connectivity index (χ0n) is 11.3. The topological polar surface area (TPSA) is 78.9 Å². The van der Waals surface area contributed by atoms with Gasteiger partial charge in [0.1, 0.15) is 5.54 Å². The third-order valence-electron chi connectivity index (χ3n) is 3.32. The van der Waals surface area contributed by atoms with Gasteiger partial charge in [0.2, 0.25) is 0 Å². The number of ether oxygens (including phenoxy) is 1. The Labute approximate surface area is 117 Å². The van der Waals surface area contributed by atoms with E-state index in [0.29, 0.717) is 0 Å². The number of urea groups is 1. The van der Waals surface area contributed by atoms with Gasteiger partial charge in [-0.3, -0.25) is 9.69 Å². The molecule has 0 radical (unpaired) electrons. The highest BCUT2D eigenvalue weighted by Gasteiger charge is 2.48. The van der Waals surface area contributed by atoms with Gasteiger partial charge < -0.3 is 15.2 Å². The Morgan fingerprint density at radius 1 is 1.25 bits per heavy atom. The standard InChI is InChI=1S/C14H18N2O4/c1-14(11-5-3-2-4-6-11)12(18)16(13(19)15-14)7-9-20-10-8-17/h2-6,17H,7-10H2,1H3,(H,15,19). The number of carbonyl (C=O) groups is 2. The molecule has 1 heterocycles. The third kappa shape index (κ3) is 2.66. The molecule has 0 aliphatic carbocycles. The number of hydrogen-bond acceptors (Lipinski definition) is 4. The van der Waals surface area contributed by atoms with Gasteiger partial charge in [0.15, 0.2) is 0 Å². The molecule has 1 aliphatic rings. The lowest BCUT2D eigenvalue weighted by atomic mass is 9.92. The maximum atomic E-state index is 12.4. The fourth-order valence-electron chi connectivity index (χ4n) is 2.19. The predicted molar refractivity (Wildman–Crippen MR) is 71.9 cm³/mol. The van der Waals surface area contributed by atoms with Crippen molar-refractivity contribution < 1.29 is 19.4 Å². The van der Waals surface area contributed by atoms with Crippen LogP contribution in [-0.4, -0.2) is 48.3 Å². The molecule has 6 heteroatoms. The Bertz CT molecular complexity index is 491. The molecule has 2 rings (SSSR count). The van der Waals surface area contributed by atoms with Crippen LogP contribution in [0.4, 0.5) is 4.79 Å². The second-order valence-electron chi connectivity index (χ2n) is 4.71. The first-order chi connectivity index (χ1) is 9.59. The molecular formula is C14H18N2O4. The summed E-state index contributed by atoms with van der Waals surface area (Å²) in [6.07, 6.45) is 0. The summed E-state index contributed by atoms with van der Waals surface area (Å²) in [4.78, 5) is 25.5. The van der Waals surface area contributed by atoms with Crippen molar-refractivity contribution in [3.8, 4) is 0 Å². The number of amides is 3. The number of nitrogens with one attached hydrogen (secondary N) is 1. The highest BCUT2D eigenvalue weighted by atomic mass is 16.5. The van der Waals surface area contributed by atoms with Gasteiger partial charge in [-0.25, -0.2) is 4.79 Å². The Morgan fingerprint density at radius 2 is 1.95 bits per heavy atom. The number of hydrogen-bond donors (Lipinski definition) is 2. The van der Waals surface area contributed by atoms with Crippen LogP contribution in [0.15, 0.2) is 30.3 Å². The average molecular weight is 278 g/mol. The van der Waals surface area contributed by atoms with Gasteiger partial charge in [0.25, 0.3) is 5.91 Å². The van der Waals surface area contributed by atoms with Crippen LogP contribution in [0.1, 0.15) is 12.5 Å². The van der Waals surface area contributed by atoms with Crippen LogP contribution >= 0.6 is 0 Å². The van der Waals surface area contributed by atoms with Crippen LogP contribution in [0.25, 0.3) is 0 Å². The lowest BCUT2D eigenvalue weighted by Gasteiger charge is -2.22. The quantitative estimate of drug-likeness (QED) is 0.585. The second kappa shape index (κ2) is 6.02. The van der Waals surface area contributed by atoms with Crippen molar-refractivity contribution in [2.75, 3.05) is 26.4 Å². The molecule has 1 aromatic carbocycles. The largest absolute Gasteiger partial charge is 0.394 e. The molecule has 1 atom stereocenters. The molecule has 0 aromatic heterocycles. The van der Waals surface area contributed by atoms with E-state index in [0.717, 1.165) is 10.5 Å². The Morgan fingerprint density at radius 3 is 2.60 bits per heavy atom. The summed E-state index contributed by atoms with van der Waals surface area (Å²) in [6, 6.07) is 8.71. The average Bonchev–Trinajstić information content (AvgIpc) is 2.68. The van der Waals surface area contributed by atoms with Crippen LogP contribution in [0.2, 0.25) is 0 Å². The minimum absolute atomic E-state index is 0.0815. The molecule has 1 saturated heterocycles. The lowest BCUT2D eigenvalue weighted by molar-refractivity contribution is -0.131. The maximum absolute atomic E-state index is 12.4. The predicted octanol–water partition coefficient (Wildman–Crippen LogP) is 0.462. The molecule has 1 fully saturated rings. The first-order valence-electron chi connectivity index (χ1n) is 6.48. The number of rotatable bonds is 6. The molecule has 1 aliphatic heterocycles. The Kier molecular flexibility index (Phi) is 4.36. The van der Waals surface area contributed by atoms with Gasteiger partial charge in [0.05, 0.1) is 26.4 Å². The van der Waals surface area contributed by atoms with E-state index in [1.54, 1.807) is 6.92 Å². The van der Waals surface area contributed by atoms with Crippen molar-refractivity contribution in [2.24, 2.45) is 0 Å². The van der Waals surface area contributed by atoms with E-state index in [4.69, 9.17) is 9.84 Å². The van der Waals surface area contributed by atoms with E-state index in [9.17, 15) is 9.59 Å². The van der Waals surface area contributed by atoms with Crippen molar-refractivity contribution in [3.05, 3.63) is 35.9 Å². The zero-order chi connectivity index (χ0) is 14.6. The summed E-state index contributed by atoms with van der Waals surface area (Å²) in [5, 5.41) is 11.3. The maximum Gasteiger partial charge on any atom is 0.325 e. The molecule has 108 valence electrons. The summed E-state index contributed by atoms with van der Waals surface area (Å²) >= 11 is 0. The van der Waals surface area contributed by atoms with Gasteiger partial charge >= 0.3 is 6.03 Å². The molecule has 0 saturated carbocycles. The Hall–Kier alpha value is -1.92. The van der Waals surface area contributed by atoms with Gasteiger partial charge in [-0.15, -0.1) is 0 Å². The number of benzene rings is 1. The summed E-state index contributed by atoms with van der Waals surface area (Å²) < 4.78 is 5.09. The molecule has 20 heavy (non-hydrogen) atoms. The molecule has 0 spiro atoms. The van der Waals surface area contributed by atoms with E-state index in [-0.39, 0.29) is 32.3 Å². The highest BCUT2D eigenvalue weighted by Crippen LogP contribution is 2.28. The van der Waals surface area contributed by atoms with Crippen LogP contribution < -0.4 is 5.32 Å². The number of nitrogens with zero attached hydrogens (tertiary/aromatic N) is 1. The van der Waals surface area contributed by atoms with E-state index in [2.05, 4.69) is 5.32 Å². The first kappa shape index (κ1) is 14.5. The van der Waals surface area contributed by atoms with E-state index in [1.165, 1.54) is 0 Å². The van der Waals surface area contributed by atoms with Crippen molar-refractivity contribution in [3.63, 3.8) is 0 Å². The van der Waals surface area contributed by atoms with E-state index in [1.807, 2.05) is 30.3 Å². The smallest absolute Gasteiger partial charge is 0.325 e. The van der Waals surface area contributed by atoms with E-state index >= 15 is 0 Å². The molecule has 0 bridgehead atoms. The minimum Gasteiger partial charge on any atom is -0.394 e. The fourth-order valence-corrected chi connectivity index (χ4v) is 2.19. The molecule has 6 nitrogen and oxygen atoms in total. The van der Waals surface area contributed by atoms with Crippen molar-refractivity contribution in [1.29, 1.82) is 0 Å². The number of aliphatic hydroxyl groups is 1. The number of aliphatic hydroxyl groups excluding tert-OH is 1. The van der Waals surface area contributed by atoms with E-state index < -0.39 is 11.6 Å². The molecule has 1 aromatic rings. The SMILES string of the molecule is CC1(c2ccccc2)NC(=O)N(CCOCCO)C1=O.